The zero-order valence-corrected chi connectivity index (χ0v) is 9.13. The Labute approximate surface area is 95.4 Å². The van der Waals surface area contributed by atoms with Crippen molar-refractivity contribution in [2.75, 3.05) is 6.61 Å². The molecule has 86 valence electrons. The Bertz CT molecular complexity index is 332. The highest BCUT2D eigenvalue weighted by Gasteiger charge is 2.15. The van der Waals surface area contributed by atoms with Crippen LogP contribution >= 0.6 is 0 Å². The van der Waals surface area contributed by atoms with Crippen molar-refractivity contribution in [1.29, 1.82) is 0 Å². The van der Waals surface area contributed by atoms with Crippen LogP contribution in [0.2, 0.25) is 0 Å². The second-order valence-electron chi connectivity index (χ2n) is 3.45. The molecule has 1 rings (SSSR count). The lowest BCUT2D eigenvalue weighted by molar-refractivity contribution is -0.140. The number of hydrogen-bond acceptors (Lipinski definition) is 2. The van der Waals surface area contributed by atoms with E-state index in [0.29, 0.717) is 6.61 Å². The van der Waals surface area contributed by atoms with Gasteiger partial charge in [0.2, 0.25) is 0 Å². The van der Waals surface area contributed by atoms with Crippen molar-refractivity contribution in [1.82, 2.24) is 0 Å². The number of carbonyl (C=O) groups is 1. The molecule has 0 aliphatic heterocycles. The van der Waals surface area contributed by atoms with E-state index in [9.17, 15) is 4.79 Å². The van der Waals surface area contributed by atoms with Crippen molar-refractivity contribution in [2.45, 2.75) is 18.9 Å². The van der Waals surface area contributed by atoms with Gasteiger partial charge in [-0.2, -0.15) is 0 Å². The smallest absolute Gasteiger partial charge is 0.306 e. The van der Waals surface area contributed by atoms with Crippen LogP contribution in [0, 0.1) is 0 Å². The molecule has 0 saturated heterocycles. The summed E-state index contributed by atoms with van der Waals surface area (Å²) in [6, 6.07) is 9.40. The molecule has 0 fully saturated rings. The first-order valence-corrected chi connectivity index (χ1v) is 5.23. The molecule has 3 nitrogen and oxygen atoms in total. The Balaban J connectivity index is 2.63. The number of ether oxygens (including phenoxy) is 1. The van der Waals surface area contributed by atoms with Gasteiger partial charge in [0.1, 0.15) is 0 Å². The summed E-state index contributed by atoms with van der Waals surface area (Å²) in [5, 5.41) is 8.80. The maximum absolute atomic E-state index is 10.7. The molecule has 0 aromatic heterocycles. The number of carboxylic acids is 1. The van der Waals surface area contributed by atoms with Crippen LogP contribution in [0.3, 0.4) is 0 Å². The molecular weight excluding hydrogens is 204 g/mol. The zero-order chi connectivity index (χ0) is 11.8. The Morgan fingerprint density at radius 3 is 2.69 bits per heavy atom. The van der Waals surface area contributed by atoms with E-state index >= 15 is 0 Å². The van der Waals surface area contributed by atoms with Gasteiger partial charge in [0.05, 0.1) is 19.1 Å². The van der Waals surface area contributed by atoms with Gasteiger partial charge in [-0.15, -0.1) is 6.58 Å². The minimum Gasteiger partial charge on any atom is -0.481 e. The quantitative estimate of drug-likeness (QED) is 0.567. The van der Waals surface area contributed by atoms with Crippen LogP contribution < -0.4 is 0 Å². The highest BCUT2D eigenvalue weighted by molar-refractivity contribution is 5.67. The first kappa shape index (κ1) is 12.5. The summed E-state index contributed by atoms with van der Waals surface area (Å²) in [7, 11) is 0. The summed E-state index contributed by atoms with van der Waals surface area (Å²) in [6.45, 7) is 4.09. The van der Waals surface area contributed by atoms with Crippen molar-refractivity contribution in [3.63, 3.8) is 0 Å². The Kier molecular flexibility index (Phi) is 5.29. The van der Waals surface area contributed by atoms with E-state index in [1.807, 2.05) is 30.3 Å². The number of carboxylic acid groups (broad SMARTS) is 1. The molecule has 1 N–H and O–H groups in total. The van der Waals surface area contributed by atoms with E-state index in [2.05, 4.69) is 6.58 Å². The Morgan fingerprint density at radius 2 is 2.12 bits per heavy atom. The van der Waals surface area contributed by atoms with Gasteiger partial charge in [-0.25, -0.2) is 0 Å². The number of aliphatic carboxylic acids is 1. The third-order valence-corrected chi connectivity index (χ3v) is 2.17. The molecular formula is C13H16O3. The minimum atomic E-state index is -0.854. The molecule has 0 heterocycles. The summed E-state index contributed by atoms with van der Waals surface area (Å²) < 4.78 is 5.53. The minimum absolute atomic E-state index is 0.0127. The molecule has 0 spiro atoms. The first-order chi connectivity index (χ1) is 7.74. The molecule has 0 amide bonds. The van der Waals surface area contributed by atoms with E-state index in [0.717, 1.165) is 12.0 Å². The number of hydrogen-bond donors (Lipinski definition) is 1. The fourth-order valence-corrected chi connectivity index (χ4v) is 1.39. The topological polar surface area (TPSA) is 46.5 Å². The largest absolute Gasteiger partial charge is 0.481 e. The molecule has 0 aliphatic carbocycles. The monoisotopic (exact) mass is 220 g/mol. The number of rotatable bonds is 7. The summed E-state index contributed by atoms with van der Waals surface area (Å²) in [5.41, 5.74) is 0.897. The lowest BCUT2D eigenvalue weighted by atomic mass is 10.1. The van der Waals surface area contributed by atoms with Gasteiger partial charge in [0, 0.05) is 0 Å². The van der Waals surface area contributed by atoms with Gasteiger partial charge in [-0.3, -0.25) is 4.79 Å². The predicted molar refractivity (Wildman–Crippen MR) is 62.2 cm³/mol. The molecule has 1 aromatic rings. The van der Waals surface area contributed by atoms with Crippen LogP contribution in [0.25, 0.3) is 0 Å². The summed E-state index contributed by atoms with van der Waals surface area (Å²) in [6.07, 6.45) is 2.09. The molecule has 0 bridgehead atoms. The second kappa shape index (κ2) is 6.80. The Morgan fingerprint density at radius 1 is 1.44 bits per heavy atom. The van der Waals surface area contributed by atoms with E-state index in [4.69, 9.17) is 9.84 Å². The molecule has 0 radical (unpaired) electrons. The van der Waals surface area contributed by atoms with E-state index < -0.39 is 5.97 Å². The van der Waals surface area contributed by atoms with Crippen molar-refractivity contribution < 1.29 is 14.6 Å². The van der Waals surface area contributed by atoms with E-state index in [1.54, 1.807) is 6.08 Å². The van der Waals surface area contributed by atoms with Crippen LogP contribution in [0.15, 0.2) is 43.0 Å². The first-order valence-electron chi connectivity index (χ1n) is 5.23. The fraction of sp³-hybridized carbons (Fsp3) is 0.308. The van der Waals surface area contributed by atoms with Crippen molar-refractivity contribution in [2.24, 2.45) is 0 Å². The van der Waals surface area contributed by atoms with Crippen LogP contribution in [0.4, 0.5) is 0 Å². The summed E-state index contributed by atoms with van der Waals surface area (Å²) in [5.74, 6) is -0.854. The normalized spacial score (nSPS) is 12.0. The van der Waals surface area contributed by atoms with E-state index in [1.165, 1.54) is 0 Å². The van der Waals surface area contributed by atoms with Gasteiger partial charge < -0.3 is 9.84 Å². The van der Waals surface area contributed by atoms with Crippen LogP contribution in [-0.4, -0.2) is 17.7 Å². The lowest BCUT2D eigenvalue weighted by Crippen LogP contribution is -2.10. The standard InChI is InChI=1S/C13H16O3/c1-2-3-9-16-12(10-13(14)15)11-7-5-4-6-8-11/h2,4-8,12H,1,3,9-10H2,(H,14,15). The summed E-state index contributed by atoms with van der Waals surface area (Å²) >= 11 is 0. The number of benzene rings is 1. The highest BCUT2D eigenvalue weighted by atomic mass is 16.5. The maximum Gasteiger partial charge on any atom is 0.306 e. The molecule has 0 saturated carbocycles. The van der Waals surface area contributed by atoms with Crippen LogP contribution in [0.1, 0.15) is 24.5 Å². The van der Waals surface area contributed by atoms with Crippen molar-refractivity contribution in [3.8, 4) is 0 Å². The van der Waals surface area contributed by atoms with Crippen LogP contribution in [0.5, 0.6) is 0 Å². The average Bonchev–Trinajstić information content (AvgIpc) is 2.29. The lowest BCUT2D eigenvalue weighted by Gasteiger charge is -2.15. The average molecular weight is 220 g/mol. The third-order valence-electron chi connectivity index (χ3n) is 2.17. The molecule has 0 aliphatic rings. The van der Waals surface area contributed by atoms with Crippen molar-refractivity contribution in [3.05, 3.63) is 48.6 Å². The summed E-state index contributed by atoms with van der Waals surface area (Å²) in [4.78, 5) is 10.7. The molecule has 16 heavy (non-hydrogen) atoms. The van der Waals surface area contributed by atoms with Crippen LogP contribution in [-0.2, 0) is 9.53 Å². The molecule has 1 atom stereocenters. The maximum atomic E-state index is 10.7. The molecule has 3 heteroatoms. The second-order valence-corrected chi connectivity index (χ2v) is 3.45. The predicted octanol–water partition coefficient (Wildman–Crippen LogP) is 2.80. The van der Waals surface area contributed by atoms with Gasteiger partial charge in [0.15, 0.2) is 0 Å². The van der Waals surface area contributed by atoms with Crippen molar-refractivity contribution >= 4 is 5.97 Å². The molecule has 1 unspecified atom stereocenters. The zero-order valence-electron chi connectivity index (χ0n) is 9.13. The SMILES string of the molecule is C=CCCOC(CC(=O)O)c1ccccc1. The highest BCUT2D eigenvalue weighted by Crippen LogP contribution is 2.21. The third kappa shape index (κ3) is 4.28. The Hall–Kier alpha value is -1.61. The fourth-order valence-electron chi connectivity index (χ4n) is 1.39. The van der Waals surface area contributed by atoms with Gasteiger partial charge in [-0.05, 0) is 12.0 Å². The van der Waals surface area contributed by atoms with E-state index in [-0.39, 0.29) is 12.5 Å². The van der Waals surface area contributed by atoms with Gasteiger partial charge in [-0.1, -0.05) is 36.4 Å². The van der Waals surface area contributed by atoms with Gasteiger partial charge in [0.25, 0.3) is 0 Å². The van der Waals surface area contributed by atoms with Gasteiger partial charge >= 0.3 is 5.97 Å². The molecule has 1 aromatic carbocycles.